The second-order valence-electron chi connectivity index (χ2n) is 3.22. The van der Waals surface area contributed by atoms with Gasteiger partial charge in [-0.1, -0.05) is 6.92 Å². The standard InChI is InChI=1S/C8H14N4/c1-3-9-7-4-8-10-6(2)11-12(8)5-7/h7,9H,3-5H2,1-2H3/t7-/m1/s1. The Morgan fingerprint density at radius 3 is 3.17 bits per heavy atom. The number of hydrogen-bond donors (Lipinski definition) is 1. The van der Waals surface area contributed by atoms with Gasteiger partial charge in [0.2, 0.25) is 0 Å². The largest absolute Gasteiger partial charge is 0.312 e. The minimum atomic E-state index is 0.547. The lowest BCUT2D eigenvalue weighted by Gasteiger charge is -2.07. The van der Waals surface area contributed by atoms with Gasteiger partial charge in [-0.05, 0) is 13.5 Å². The van der Waals surface area contributed by atoms with Gasteiger partial charge in [-0.25, -0.2) is 9.67 Å². The topological polar surface area (TPSA) is 42.7 Å². The summed E-state index contributed by atoms with van der Waals surface area (Å²) in [4.78, 5) is 4.34. The highest BCUT2D eigenvalue weighted by Gasteiger charge is 2.22. The number of nitrogens with one attached hydrogen (secondary N) is 1. The van der Waals surface area contributed by atoms with Crippen LogP contribution in [0.1, 0.15) is 18.6 Å². The summed E-state index contributed by atoms with van der Waals surface area (Å²) in [5.41, 5.74) is 0. The van der Waals surface area contributed by atoms with Crippen LogP contribution in [-0.4, -0.2) is 27.4 Å². The van der Waals surface area contributed by atoms with Gasteiger partial charge in [0.15, 0.2) is 0 Å². The van der Waals surface area contributed by atoms with Gasteiger partial charge >= 0.3 is 0 Å². The Bertz CT molecular complexity index is 255. The summed E-state index contributed by atoms with van der Waals surface area (Å²) in [5.74, 6) is 2.01. The third kappa shape index (κ3) is 1.22. The first-order valence-corrected chi connectivity index (χ1v) is 4.43. The van der Waals surface area contributed by atoms with Crippen molar-refractivity contribution in [3.63, 3.8) is 0 Å². The van der Waals surface area contributed by atoms with Crippen molar-refractivity contribution in [3.8, 4) is 0 Å². The highest BCUT2D eigenvalue weighted by atomic mass is 15.4. The zero-order valence-corrected chi connectivity index (χ0v) is 7.54. The Hall–Kier alpha value is -0.900. The fourth-order valence-electron chi connectivity index (χ4n) is 1.72. The molecule has 2 rings (SSSR count). The highest BCUT2D eigenvalue weighted by Crippen LogP contribution is 2.11. The molecule has 1 aliphatic rings. The molecule has 1 aromatic heterocycles. The first-order valence-electron chi connectivity index (χ1n) is 4.43. The number of fused-ring (bicyclic) bond motifs is 1. The predicted octanol–water partition coefficient (Wildman–Crippen LogP) is 0.121. The molecule has 0 aromatic carbocycles. The van der Waals surface area contributed by atoms with Gasteiger partial charge in [0, 0.05) is 12.5 Å². The molecule has 66 valence electrons. The van der Waals surface area contributed by atoms with E-state index in [0.717, 1.165) is 31.2 Å². The van der Waals surface area contributed by atoms with E-state index in [9.17, 15) is 0 Å². The van der Waals surface area contributed by atoms with Gasteiger partial charge in [-0.15, -0.1) is 0 Å². The summed E-state index contributed by atoms with van der Waals surface area (Å²) in [7, 11) is 0. The Morgan fingerprint density at radius 1 is 1.67 bits per heavy atom. The molecule has 4 nitrogen and oxygen atoms in total. The molecule has 0 amide bonds. The number of likely N-dealkylation sites (N-methyl/N-ethyl adjacent to an activating group) is 1. The molecule has 0 aliphatic carbocycles. The molecule has 0 radical (unpaired) electrons. The molecule has 0 unspecified atom stereocenters. The maximum atomic E-state index is 4.34. The SMILES string of the molecule is CCN[C@@H]1Cc2nc(C)nn2C1. The molecule has 2 heterocycles. The summed E-state index contributed by atoms with van der Waals surface area (Å²) < 4.78 is 2.00. The molecule has 1 aliphatic heterocycles. The lowest BCUT2D eigenvalue weighted by atomic mass is 10.2. The summed E-state index contributed by atoms with van der Waals surface area (Å²) in [6, 6.07) is 0.547. The van der Waals surface area contributed by atoms with Crippen LogP contribution in [0.4, 0.5) is 0 Å². The van der Waals surface area contributed by atoms with Crippen molar-refractivity contribution in [3.05, 3.63) is 11.6 Å². The third-order valence-electron chi connectivity index (χ3n) is 2.17. The van der Waals surface area contributed by atoms with Crippen molar-refractivity contribution < 1.29 is 0 Å². The molecule has 12 heavy (non-hydrogen) atoms. The minimum Gasteiger partial charge on any atom is -0.312 e. The van der Waals surface area contributed by atoms with Crippen LogP contribution in [0.3, 0.4) is 0 Å². The van der Waals surface area contributed by atoms with Gasteiger partial charge in [-0.2, -0.15) is 5.10 Å². The molecule has 4 heteroatoms. The molecule has 1 aromatic rings. The monoisotopic (exact) mass is 166 g/mol. The number of aryl methyl sites for hydroxylation is 1. The van der Waals surface area contributed by atoms with Crippen molar-refractivity contribution in [2.75, 3.05) is 6.54 Å². The van der Waals surface area contributed by atoms with Crippen LogP contribution < -0.4 is 5.32 Å². The number of aromatic nitrogens is 3. The van der Waals surface area contributed by atoms with Crippen molar-refractivity contribution in [1.82, 2.24) is 20.1 Å². The minimum absolute atomic E-state index is 0.547. The molecule has 0 fully saturated rings. The lowest BCUT2D eigenvalue weighted by Crippen LogP contribution is -2.30. The van der Waals surface area contributed by atoms with Crippen LogP contribution in [0, 0.1) is 6.92 Å². The summed E-state index contributed by atoms with van der Waals surface area (Å²) in [6.07, 6.45) is 1.02. The fraction of sp³-hybridized carbons (Fsp3) is 0.750. The molecule has 0 spiro atoms. The van der Waals surface area contributed by atoms with Crippen molar-refractivity contribution in [1.29, 1.82) is 0 Å². The molecule has 1 atom stereocenters. The zero-order chi connectivity index (χ0) is 8.55. The van der Waals surface area contributed by atoms with E-state index in [2.05, 4.69) is 22.3 Å². The smallest absolute Gasteiger partial charge is 0.147 e. The third-order valence-corrected chi connectivity index (χ3v) is 2.17. The summed E-state index contributed by atoms with van der Waals surface area (Å²) in [6.45, 7) is 6.06. The van der Waals surface area contributed by atoms with Crippen molar-refractivity contribution in [2.24, 2.45) is 0 Å². The molecule has 0 bridgehead atoms. The Morgan fingerprint density at radius 2 is 2.50 bits per heavy atom. The lowest BCUT2D eigenvalue weighted by molar-refractivity contribution is 0.492. The van der Waals surface area contributed by atoms with E-state index < -0.39 is 0 Å². The van der Waals surface area contributed by atoms with Crippen LogP contribution >= 0.6 is 0 Å². The average molecular weight is 166 g/mol. The molecule has 0 saturated carbocycles. The molecule has 0 saturated heterocycles. The number of rotatable bonds is 2. The van der Waals surface area contributed by atoms with Crippen LogP contribution in [-0.2, 0) is 13.0 Å². The molecular formula is C8H14N4. The quantitative estimate of drug-likeness (QED) is 0.678. The van der Waals surface area contributed by atoms with E-state index in [1.807, 2.05) is 11.6 Å². The van der Waals surface area contributed by atoms with Gasteiger partial charge in [0.1, 0.15) is 11.6 Å². The number of hydrogen-bond acceptors (Lipinski definition) is 3. The van der Waals surface area contributed by atoms with Crippen molar-refractivity contribution >= 4 is 0 Å². The normalized spacial score (nSPS) is 21.3. The van der Waals surface area contributed by atoms with Gasteiger partial charge in [0.25, 0.3) is 0 Å². The van der Waals surface area contributed by atoms with E-state index in [4.69, 9.17) is 0 Å². The number of nitrogens with zero attached hydrogens (tertiary/aromatic N) is 3. The zero-order valence-electron chi connectivity index (χ0n) is 7.54. The summed E-state index contributed by atoms with van der Waals surface area (Å²) in [5, 5.41) is 7.69. The Balaban J connectivity index is 2.08. The second-order valence-corrected chi connectivity index (χ2v) is 3.22. The Kier molecular flexibility index (Phi) is 1.84. The van der Waals surface area contributed by atoms with E-state index in [1.54, 1.807) is 0 Å². The second kappa shape index (κ2) is 2.86. The van der Waals surface area contributed by atoms with E-state index in [1.165, 1.54) is 0 Å². The summed E-state index contributed by atoms with van der Waals surface area (Å²) >= 11 is 0. The van der Waals surface area contributed by atoms with E-state index in [-0.39, 0.29) is 0 Å². The van der Waals surface area contributed by atoms with Crippen LogP contribution in [0.25, 0.3) is 0 Å². The first-order chi connectivity index (χ1) is 5.79. The maximum Gasteiger partial charge on any atom is 0.147 e. The first kappa shape index (κ1) is 7.73. The van der Waals surface area contributed by atoms with E-state index in [0.29, 0.717) is 6.04 Å². The predicted molar refractivity (Wildman–Crippen MR) is 45.9 cm³/mol. The highest BCUT2D eigenvalue weighted by molar-refractivity contribution is 5.00. The molecular weight excluding hydrogens is 152 g/mol. The fourth-order valence-corrected chi connectivity index (χ4v) is 1.72. The van der Waals surface area contributed by atoms with Gasteiger partial charge in [0.05, 0.1) is 6.54 Å². The van der Waals surface area contributed by atoms with Crippen molar-refractivity contribution in [2.45, 2.75) is 32.9 Å². The van der Waals surface area contributed by atoms with Crippen LogP contribution in [0.15, 0.2) is 0 Å². The average Bonchev–Trinajstić information content (AvgIpc) is 2.44. The van der Waals surface area contributed by atoms with Crippen LogP contribution in [0.2, 0.25) is 0 Å². The maximum absolute atomic E-state index is 4.34. The van der Waals surface area contributed by atoms with E-state index >= 15 is 0 Å². The van der Waals surface area contributed by atoms with Gasteiger partial charge < -0.3 is 5.32 Å². The molecule has 1 N–H and O–H groups in total. The van der Waals surface area contributed by atoms with Gasteiger partial charge in [-0.3, -0.25) is 0 Å². The van der Waals surface area contributed by atoms with Crippen LogP contribution in [0.5, 0.6) is 0 Å². The Labute approximate surface area is 72.0 Å².